The zero-order chi connectivity index (χ0) is 9.40. The van der Waals surface area contributed by atoms with Gasteiger partial charge in [0.05, 0.1) is 6.54 Å². The van der Waals surface area contributed by atoms with Gasteiger partial charge in [-0.15, -0.1) is 0 Å². The molecular weight excluding hydrogens is 154 g/mol. The van der Waals surface area contributed by atoms with E-state index in [1.54, 1.807) is 0 Å². The summed E-state index contributed by atoms with van der Waals surface area (Å²) in [6.45, 7) is 4.00. The van der Waals surface area contributed by atoms with E-state index in [4.69, 9.17) is 0 Å². The lowest BCUT2D eigenvalue weighted by Gasteiger charge is -2.14. The molecule has 2 N–H and O–H groups in total. The van der Waals surface area contributed by atoms with Crippen molar-refractivity contribution in [2.45, 2.75) is 13.3 Å². The maximum Gasteiger partial charge on any atom is 0.234 e. The number of rotatable bonds is 6. The first-order valence-electron chi connectivity index (χ1n) is 4.30. The number of carbonyl (C=O) groups is 1. The maximum atomic E-state index is 11.1. The molecule has 4 nitrogen and oxygen atoms in total. The normalized spacial score (nSPS) is 10.3. The number of amides is 1. The van der Waals surface area contributed by atoms with Crippen molar-refractivity contribution in [1.29, 1.82) is 0 Å². The van der Waals surface area contributed by atoms with E-state index in [2.05, 4.69) is 10.6 Å². The van der Waals surface area contributed by atoms with Gasteiger partial charge >= 0.3 is 0 Å². The second-order valence-corrected chi connectivity index (χ2v) is 2.88. The van der Waals surface area contributed by atoms with Crippen LogP contribution in [-0.2, 0) is 4.79 Å². The van der Waals surface area contributed by atoms with Crippen LogP contribution in [0.1, 0.15) is 13.3 Å². The van der Waals surface area contributed by atoms with E-state index < -0.39 is 0 Å². The van der Waals surface area contributed by atoms with Gasteiger partial charge in [0.25, 0.3) is 0 Å². The molecule has 0 bridgehead atoms. The summed E-state index contributed by atoms with van der Waals surface area (Å²) >= 11 is 0. The summed E-state index contributed by atoms with van der Waals surface area (Å²) in [5.41, 5.74) is 0. The van der Waals surface area contributed by atoms with E-state index in [1.165, 1.54) is 0 Å². The Bertz CT molecular complexity index is 127. The van der Waals surface area contributed by atoms with Crippen LogP contribution < -0.4 is 10.6 Å². The highest BCUT2D eigenvalue weighted by Gasteiger charge is 2.03. The molecule has 0 saturated carbocycles. The average Bonchev–Trinajstić information content (AvgIpc) is 2.01. The number of hydrogen-bond acceptors (Lipinski definition) is 3. The van der Waals surface area contributed by atoms with E-state index in [1.807, 2.05) is 25.9 Å². The number of likely N-dealkylation sites (N-methyl/N-ethyl adjacent to an activating group) is 1. The SMILES string of the molecule is CCCNC(=O)CN(C)CNC. The van der Waals surface area contributed by atoms with Crippen molar-refractivity contribution in [2.24, 2.45) is 0 Å². The van der Waals surface area contributed by atoms with Gasteiger partial charge in [-0.3, -0.25) is 9.69 Å². The van der Waals surface area contributed by atoms with E-state index in [9.17, 15) is 4.79 Å². The molecule has 0 aliphatic heterocycles. The van der Waals surface area contributed by atoms with E-state index in [0.717, 1.165) is 19.6 Å². The molecule has 12 heavy (non-hydrogen) atoms. The molecule has 0 heterocycles. The van der Waals surface area contributed by atoms with Crippen molar-refractivity contribution in [2.75, 3.05) is 33.9 Å². The average molecular weight is 173 g/mol. The van der Waals surface area contributed by atoms with Crippen LogP contribution in [0.15, 0.2) is 0 Å². The summed E-state index contributed by atoms with van der Waals surface area (Å²) in [5.74, 6) is 0.0922. The fourth-order valence-corrected chi connectivity index (χ4v) is 0.891. The van der Waals surface area contributed by atoms with Crippen LogP contribution in [0.2, 0.25) is 0 Å². The van der Waals surface area contributed by atoms with Crippen molar-refractivity contribution >= 4 is 5.91 Å². The second-order valence-electron chi connectivity index (χ2n) is 2.88. The van der Waals surface area contributed by atoms with E-state index in [-0.39, 0.29) is 5.91 Å². The highest BCUT2D eigenvalue weighted by molar-refractivity contribution is 5.77. The summed E-state index contributed by atoms with van der Waals surface area (Å²) in [4.78, 5) is 13.0. The minimum Gasteiger partial charge on any atom is -0.355 e. The molecule has 0 atom stereocenters. The molecule has 1 amide bonds. The Balaban J connectivity index is 3.40. The van der Waals surface area contributed by atoms with Crippen molar-refractivity contribution < 1.29 is 4.79 Å². The lowest BCUT2D eigenvalue weighted by Crippen LogP contribution is -2.38. The molecule has 72 valence electrons. The van der Waals surface area contributed by atoms with Gasteiger partial charge in [0, 0.05) is 13.2 Å². The number of nitrogens with zero attached hydrogens (tertiary/aromatic N) is 1. The Hall–Kier alpha value is -0.610. The number of carbonyl (C=O) groups excluding carboxylic acids is 1. The fourth-order valence-electron chi connectivity index (χ4n) is 0.891. The Morgan fingerprint density at radius 1 is 1.50 bits per heavy atom. The first kappa shape index (κ1) is 11.4. The molecule has 4 heteroatoms. The van der Waals surface area contributed by atoms with E-state index >= 15 is 0 Å². The lowest BCUT2D eigenvalue weighted by molar-refractivity contribution is -0.122. The predicted octanol–water partition coefficient (Wildman–Crippen LogP) is -0.379. The summed E-state index contributed by atoms with van der Waals surface area (Å²) < 4.78 is 0. The van der Waals surface area contributed by atoms with E-state index in [0.29, 0.717) is 6.54 Å². The second kappa shape index (κ2) is 7.06. The van der Waals surface area contributed by atoms with Crippen molar-refractivity contribution in [3.8, 4) is 0 Å². The van der Waals surface area contributed by atoms with Gasteiger partial charge in [-0.25, -0.2) is 0 Å². The standard InChI is InChI=1S/C8H19N3O/c1-4-5-10-8(12)6-11(3)7-9-2/h9H,4-7H2,1-3H3,(H,10,12). The number of nitrogens with one attached hydrogen (secondary N) is 2. The Kier molecular flexibility index (Phi) is 6.70. The summed E-state index contributed by atoms with van der Waals surface area (Å²) in [5, 5.41) is 5.79. The minimum absolute atomic E-state index is 0.0922. The smallest absolute Gasteiger partial charge is 0.234 e. The van der Waals surface area contributed by atoms with Crippen LogP contribution in [0.4, 0.5) is 0 Å². The fraction of sp³-hybridized carbons (Fsp3) is 0.875. The largest absolute Gasteiger partial charge is 0.355 e. The Labute approximate surface area is 74.3 Å². The van der Waals surface area contributed by atoms with Gasteiger partial charge < -0.3 is 10.6 Å². The topological polar surface area (TPSA) is 44.4 Å². The van der Waals surface area contributed by atoms with Crippen LogP contribution in [0, 0.1) is 0 Å². The third-order valence-electron chi connectivity index (χ3n) is 1.41. The molecule has 0 unspecified atom stereocenters. The Morgan fingerprint density at radius 2 is 2.17 bits per heavy atom. The first-order valence-corrected chi connectivity index (χ1v) is 4.30. The summed E-state index contributed by atoms with van der Waals surface area (Å²) in [6.07, 6.45) is 0.988. The zero-order valence-electron chi connectivity index (χ0n) is 8.18. The third-order valence-corrected chi connectivity index (χ3v) is 1.41. The van der Waals surface area contributed by atoms with Gasteiger partial charge in [-0.05, 0) is 20.5 Å². The van der Waals surface area contributed by atoms with Crippen LogP contribution >= 0.6 is 0 Å². The molecule has 0 rings (SSSR count). The molecule has 0 aromatic rings. The molecule has 0 spiro atoms. The minimum atomic E-state index is 0.0922. The molecule has 0 saturated heterocycles. The third kappa shape index (κ3) is 6.12. The highest BCUT2D eigenvalue weighted by atomic mass is 16.2. The van der Waals surface area contributed by atoms with Crippen LogP contribution in [0.25, 0.3) is 0 Å². The van der Waals surface area contributed by atoms with Gasteiger partial charge in [-0.2, -0.15) is 0 Å². The maximum absolute atomic E-state index is 11.1. The molecule has 0 aliphatic rings. The van der Waals surface area contributed by atoms with Crippen molar-refractivity contribution in [3.05, 3.63) is 0 Å². The van der Waals surface area contributed by atoms with Gasteiger partial charge in [0.2, 0.25) is 5.91 Å². The molecule has 0 fully saturated rings. The Morgan fingerprint density at radius 3 is 2.67 bits per heavy atom. The molecule has 0 aromatic heterocycles. The summed E-state index contributed by atoms with van der Waals surface area (Å²) in [7, 11) is 3.77. The monoisotopic (exact) mass is 173 g/mol. The van der Waals surface area contributed by atoms with Crippen molar-refractivity contribution in [3.63, 3.8) is 0 Å². The molecular formula is C8H19N3O. The van der Waals surface area contributed by atoms with Gasteiger partial charge in [0.1, 0.15) is 0 Å². The number of hydrogen-bond donors (Lipinski definition) is 2. The van der Waals surface area contributed by atoms with Crippen LogP contribution in [-0.4, -0.2) is 44.7 Å². The summed E-state index contributed by atoms with van der Waals surface area (Å²) in [6, 6.07) is 0. The predicted molar refractivity (Wildman–Crippen MR) is 49.9 cm³/mol. The highest BCUT2D eigenvalue weighted by Crippen LogP contribution is 1.78. The van der Waals surface area contributed by atoms with Gasteiger partial charge in [0.15, 0.2) is 0 Å². The first-order chi connectivity index (χ1) is 5.70. The molecule has 0 aliphatic carbocycles. The van der Waals surface area contributed by atoms with Crippen LogP contribution in [0.5, 0.6) is 0 Å². The molecule has 0 radical (unpaired) electrons. The van der Waals surface area contributed by atoms with Crippen LogP contribution in [0.3, 0.4) is 0 Å². The quantitative estimate of drug-likeness (QED) is 0.538. The molecule has 0 aromatic carbocycles. The lowest BCUT2D eigenvalue weighted by atomic mass is 10.4. The zero-order valence-corrected chi connectivity index (χ0v) is 8.18. The van der Waals surface area contributed by atoms with Gasteiger partial charge in [-0.1, -0.05) is 6.92 Å². The van der Waals surface area contributed by atoms with Crippen molar-refractivity contribution in [1.82, 2.24) is 15.5 Å².